The van der Waals surface area contributed by atoms with Gasteiger partial charge in [0.25, 0.3) is 5.91 Å². The first kappa shape index (κ1) is 17.9. The first-order chi connectivity index (χ1) is 12.8. The fourth-order valence-electron chi connectivity index (χ4n) is 2.48. The van der Waals surface area contributed by atoms with Gasteiger partial charge in [-0.3, -0.25) is 4.79 Å². The van der Waals surface area contributed by atoms with E-state index < -0.39 is 0 Å². The van der Waals surface area contributed by atoms with Crippen molar-refractivity contribution in [2.24, 2.45) is 5.16 Å². The molecule has 3 rings (SSSR count). The van der Waals surface area contributed by atoms with Crippen LogP contribution in [0.15, 0.2) is 59.8 Å². The molecule has 2 aromatic rings. The van der Waals surface area contributed by atoms with Crippen LogP contribution in [0.4, 0.5) is 0 Å². The van der Waals surface area contributed by atoms with Crippen LogP contribution in [0, 0.1) is 0 Å². The van der Waals surface area contributed by atoms with Gasteiger partial charge in [0.15, 0.2) is 6.61 Å². The molecule has 1 aliphatic heterocycles. The maximum atomic E-state index is 12.0. The van der Waals surface area contributed by atoms with Crippen LogP contribution in [-0.2, 0) is 21.0 Å². The number of oxime groups is 1. The highest BCUT2D eigenvalue weighted by atomic mass is 16.6. The molecule has 0 spiro atoms. The van der Waals surface area contributed by atoms with Gasteiger partial charge in [0, 0.05) is 13.1 Å². The molecule has 136 valence electrons. The Labute approximate surface area is 153 Å². The molecule has 0 aromatic heterocycles. The van der Waals surface area contributed by atoms with Crippen molar-refractivity contribution < 1.29 is 19.1 Å². The third kappa shape index (κ3) is 5.60. The predicted molar refractivity (Wildman–Crippen MR) is 98.2 cm³/mol. The van der Waals surface area contributed by atoms with Gasteiger partial charge in [0.2, 0.25) is 0 Å². The average Bonchev–Trinajstić information content (AvgIpc) is 2.72. The first-order valence-corrected chi connectivity index (χ1v) is 8.59. The van der Waals surface area contributed by atoms with Crippen LogP contribution in [0.25, 0.3) is 0 Å². The largest absolute Gasteiger partial charge is 0.484 e. The van der Waals surface area contributed by atoms with E-state index in [9.17, 15) is 4.79 Å². The van der Waals surface area contributed by atoms with E-state index in [0.717, 1.165) is 11.1 Å². The van der Waals surface area contributed by atoms with Crippen molar-refractivity contribution in [3.8, 4) is 5.75 Å². The summed E-state index contributed by atoms with van der Waals surface area (Å²) in [4.78, 5) is 19.1. The van der Waals surface area contributed by atoms with Gasteiger partial charge in [-0.1, -0.05) is 35.5 Å². The van der Waals surface area contributed by atoms with Gasteiger partial charge < -0.3 is 19.2 Å². The zero-order valence-corrected chi connectivity index (χ0v) is 14.5. The van der Waals surface area contributed by atoms with Crippen molar-refractivity contribution in [2.75, 3.05) is 32.9 Å². The molecule has 1 aliphatic rings. The van der Waals surface area contributed by atoms with Crippen LogP contribution >= 0.6 is 0 Å². The number of hydrogen-bond donors (Lipinski definition) is 0. The number of morpholine rings is 1. The van der Waals surface area contributed by atoms with Crippen LogP contribution in [0.3, 0.4) is 0 Å². The average molecular weight is 354 g/mol. The smallest absolute Gasteiger partial charge is 0.260 e. The molecule has 6 nitrogen and oxygen atoms in total. The van der Waals surface area contributed by atoms with E-state index in [1.165, 1.54) is 0 Å². The van der Waals surface area contributed by atoms with Crippen molar-refractivity contribution in [2.45, 2.75) is 6.61 Å². The van der Waals surface area contributed by atoms with Crippen molar-refractivity contribution in [1.82, 2.24) is 4.90 Å². The van der Waals surface area contributed by atoms with Crippen LogP contribution in [0.2, 0.25) is 0 Å². The van der Waals surface area contributed by atoms with Crippen molar-refractivity contribution in [3.63, 3.8) is 0 Å². The van der Waals surface area contributed by atoms with E-state index >= 15 is 0 Å². The SMILES string of the molecule is O=C(COc1ccc(/C=N/OCc2ccccc2)cc1)N1CCOCC1. The van der Waals surface area contributed by atoms with Crippen molar-refractivity contribution >= 4 is 12.1 Å². The summed E-state index contributed by atoms with van der Waals surface area (Å²) in [6.07, 6.45) is 1.64. The fourth-order valence-corrected chi connectivity index (χ4v) is 2.48. The van der Waals surface area contributed by atoms with Gasteiger partial charge in [-0.25, -0.2) is 0 Å². The standard InChI is InChI=1S/C20H22N2O4/c23-20(22-10-12-24-13-11-22)16-25-19-8-6-17(7-9-19)14-21-26-15-18-4-2-1-3-5-18/h1-9,14H,10-13,15-16H2/b21-14+. The lowest BCUT2D eigenvalue weighted by Crippen LogP contribution is -2.42. The van der Waals surface area contributed by atoms with E-state index in [2.05, 4.69) is 5.16 Å². The summed E-state index contributed by atoms with van der Waals surface area (Å²) >= 11 is 0. The molecule has 0 radical (unpaired) electrons. The highest BCUT2D eigenvalue weighted by Gasteiger charge is 2.16. The third-order valence-corrected chi connectivity index (χ3v) is 3.96. The van der Waals surface area contributed by atoms with E-state index in [-0.39, 0.29) is 12.5 Å². The van der Waals surface area contributed by atoms with Crippen LogP contribution < -0.4 is 4.74 Å². The molecule has 1 fully saturated rings. The van der Waals surface area contributed by atoms with Gasteiger partial charge in [0.1, 0.15) is 12.4 Å². The summed E-state index contributed by atoms with van der Waals surface area (Å²) in [5, 5.41) is 3.96. The summed E-state index contributed by atoms with van der Waals surface area (Å²) in [6.45, 7) is 2.90. The Kier molecular flexibility index (Phi) is 6.61. The van der Waals surface area contributed by atoms with E-state index in [4.69, 9.17) is 14.3 Å². The van der Waals surface area contributed by atoms with Gasteiger partial charge in [0.05, 0.1) is 19.4 Å². The van der Waals surface area contributed by atoms with Crippen LogP contribution in [-0.4, -0.2) is 49.9 Å². The Morgan fingerprint density at radius 1 is 1.08 bits per heavy atom. The molecule has 0 saturated carbocycles. The quantitative estimate of drug-likeness (QED) is 0.566. The monoisotopic (exact) mass is 354 g/mol. The van der Waals surface area contributed by atoms with Gasteiger partial charge >= 0.3 is 0 Å². The molecule has 0 atom stereocenters. The second-order valence-corrected chi connectivity index (χ2v) is 5.84. The zero-order valence-electron chi connectivity index (χ0n) is 14.5. The predicted octanol–water partition coefficient (Wildman–Crippen LogP) is 2.47. The molecular formula is C20H22N2O4. The molecule has 1 saturated heterocycles. The number of carbonyl (C=O) groups is 1. The Bertz CT molecular complexity index is 710. The van der Waals surface area contributed by atoms with E-state index in [0.29, 0.717) is 38.7 Å². The molecule has 2 aromatic carbocycles. The normalized spacial score (nSPS) is 14.4. The molecule has 0 bridgehead atoms. The molecule has 6 heteroatoms. The minimum absolute atomic E-state index is 0.0201. The minimum atomic E-state index is -0.0201. The number of amides is 1. The Balaban J connectivity index is 1.41. The Hall–Kier alpha value is -2.86. The molecule has 0 N–H and O–H groups in total. The summed E-state index contributed by atoms with van der Waals surface area (Å²) < 4.78 is 10.8. The number of rotatable bonds is 7. The van der Waals surface area contributed by atoms with E-state index in [1.54, 1.807) is 11.1 Å². The van der Waals surface area contributed by atoms with Crippen molar-refractivity contribution in [1.29, 1.82) is 0 Å². The second-order valence-electron chi connectivity index (χ2n) is 5.84. The lowest BCUT2D eigenvalue weighted by molar-refractivity contribution is -0.137. The molecule has 0 aliphatic carbocycles. The van der Waals surface area contributed by atoms with Crippen LogP contribution in [0.5, 0.6) is 5.75 Å². The first-order valence-electron chi connectivity index (χ1n) is 8.59. The summed E-state index contributed by atoms with van der Waals surface area (Å²) in [6, 6.07) is 17.2. The van der Waals surface area contributed by atoms with Crippen molar-refractivity contribution in [3.05, 3.63) is 65.7 Å². The third-order valence-electron chi connectivity index (χ3n) is 3.96. The highest BCUT2D eigenvalue weighted by molar-refractivity contribution is 5.79. The molecule has 0 unspecified atom stereocenters. The molecule has 1 amide bonds. The number of carbonyl (C=O) groups excluding carboxylic acids is 1. The van der Waals surface area contributed by atoms with Crippen LogP contribution in [0.1, 0.15) is 11.1 Å². The Morgan fingerprint density at radius 3 is 2.54 bits per heavy atom. The number of ether oxygens (including phenoxy) is 2. The fraction of sp³-hybridized carbons (Fsp3) is 0.300. The number of hydrogen-bond acceptors (Lipinski definition) is 5. The van der Waals surface area contributed by atoms with E-state index in [1.807, 2.05) is 54.6 Å². The molecule has 1 heterocycles. The minimum Gasteiger partial charge on any atom is -0.484 e. The summed E-state index contributed by atoms with van der Waals surface area (Å²) in [7, 11) is 0. The van der Waals surface area contributed by atoms with Gasteiger partial charge in [-0.15, -0.1) is 0 Å². The number of nitrogens with zero attached hydrogens (tertiary/aromatic N) is 2. The second kappa shape index (κ2) is 9.58. The van der Waals surface area contributed by atoms with Gasteiger partial charge in [-0.2, -0.15) is 0 Å². The topological polar surface area (TPSA) is 60.4 Å². The summed E-state index contributed by atoms with van der Waals surface area (Å²) in [5.41, 5.74) is 1.96. The maximum absolute atomic E-state index is 12.0. The lowest BCUT2D eigenvalue weighted by atomic mass is 10.2. The highest BCUT2D eigenvalue weighted by Crippen LogP contribution is 2.12. The Morgan fingerprint density at radius 2 is 1.81 bits per heavy atom. The number of benzene rings is 2. The lowest BCUT2D eigenvalue weighted by Gasteiger charge is -2.26. The molecular weight excluding hydrogens is 332 g/mol. The zero-order chi connectivity index (χ0) is 18.0. The van der Waals surface area contributed by atoms with Gasteiger partial charge in [-0.05, 0) is 35.4 Å². The maximum Gasteiger partial charge on any atom is 0.260 e. The summed E-state index contributed by atoms with van der Waals surface area (Å²) in [5.74, 6) is 0.627. The molecule has 26 heavy (non-hydrogen) atoms.